The van der Waals surface area contributed by atoms with E-state index in [1.165, 1.54) is 38.8 Å². The molecule has 0 amide bonds. The summed E-state index contributed by atoms with van der Waals surface area (Å²) < 4.78 is 5.83. The van der Waals surface area contributed by atoms with E-state index in [1.807, 2.05) is 7.05 Å². The van der Waals surface area contributed by atoms with E-state index in [4.69, 9.17) is 4.74 Å². The van der Waals surface area contributed by atoms with E-state index in [0.717, 1.165) is 38.3 Å². The minimum absolute atomic E-state index is 0.390. The summed E-state index contributed by atoms with van der Waals surface area (Å²) in [6, 6.07) is 1.64. The minimum atomic E-state index is 0.390. The van der Waals surface area contributed by atoms with Crippen LogP contribution in [0.3, 0.4) is 0 Å². The molecule has 3 unspecified atom stereocenters. The summed E-state index contributed by atoms with van der Waals surface area (Å²) in [5.74, 6) is 0. The molecule has 3 aliphatic rings. The van der Waals surface area contributed by atoms with E-state index in [2.05, 4.69) is 15.1 Å². The van der Waals surface area contributed by atoms with Crippen LogP contribution in [0, 0.1) is 0 Å². The predicted molar refractivity (Wildman–Crippen MR) is 72.9 cm³/mol. The Balaban J connectivity index is 1.60. The number of likely N-dealkylation sites (N-methyl/N-ethyl adjacent to an activating group) is 1. The molecule has 3 atom stereocenters. The second-order valence-corrected chi connectivity index (χ2v) is 6.00. The van der Waals surface area contributed by atoms with Crippen LogP contribution in [0.1, 0.15) is 25.7 Å². The van der Waals surface area contributed by atoms with E-state index in [9.17, 15) is 0 Å². The molecule has 4 nitrogen and oxygen atoms in total. The van der Waals surface area contributed by atoms with Crippen LogP contribution in [0.5, 0.6) is 0 Å². The molecule has 3 rings (SSSR count). The van der Waals surface area contributed by atoms with Crippen molar-refractivity contribution in [1.82, 2.24) is 15.1 Å². The molecule has 0 aromatic rings. The third-order valence-corrected chi connectivity index (χ3v) is 4.89. The fraction of sp³-hybridized carbons (Fsp3) is 1.00. The number of hydrogen-bond donors (Lipinski definition) is 1. The molecule has 0 aromatic carbocycles. The maximum absolute atomic E-state index is 5.83. The van der Waals surface area contributed by atoms with Crippen LogP contribution in [0.2, 0.25) is 0 Å². The second-order valence-electron chi connectivity index (χ2n) is 6.00. The number of ether oxygens (including phenoxy) is 1. The topological polar surface area (TPSA) is 27.7 Å². The molecule has 0 radical (unpaired) electrons. The molecular formula is C14H27N3O. The van der Waals surface area contributed by atoms with Gasteiger partial charge in [0.2, 0.25) is 0 Å². The van der Waals surface area contributed by atoms with Crippen molar-refractivity contribution in [3.63, 3.8) is 0 Å². The Hall–Kier alpha value is -0.160. The van der Waals surface area contributed by atoms with Crippen LogP contribution in [0.25, 0.3) is 0 Å². The third-order valence-electron chi connectivity index (χ3n) is 4.89. The number of nitrogens with one attached hydrogen (secondary N) is 1. The van der Waals surface area contributed by atoms with Crippen LogP contribution in [0.15, 0.2) is 0 Å². The monoisotopic (exact) mass is 253 g/mol. The predicted octanol–water partition coefficient (Wildman–Crippen LogP) is 0.533. The number of morpholine rings is 1. The van der Waals surface area contributed by atoms with Gasteiger partial charge in [0.25, 0.3) is 0 Å². The molecule has 3 fully saturated rings. The van der Waals surface area contributed by atoms with Crippen LogP contribution in [0.4, 0.5) is 0 Å². The van der Waals surface area contributed by atoms with Crippen molar-refractivity contribution in [2.75, 3.05) is 46.4 Å². The Morgan fingerprint density at radius 2 is 1.94 bits per heavy atom. The fourth-order valence-electron chi connectivity index (χ4n) is 4.04. The maximum atomic E-state index is 5.83. The first-order chi connectivity index (χ1) is 8.88. The van der Waals surface area contributed by atoms with Gasteiger partial charge in [-0.3, -0.25) is 9.80 Å². The van der Waals surface area contributed by atoms with Gasteiger partial charge in [-0.1, -0.05) is 6.42 Å². The highest BCUT2D eigenvalue weighted by Crippen LogP contribution is 2.31. The van der Waals surface area contributed by atoms with Gasteiger partial charge in [-0.25, -0.2) is 0 Å². The standard InChI is InChI=1S/C14H27N3O/c1-15-10-12-11-17(8-9-18-12)14-5-7-16-6-3-2-4-13(14)16/h12-15H,2-11H2,1H3. The summed E-state index contributed by atoms with van der Waals surface area (Å²) in [6.07, 6.45) is 6.02. The zero-order valence-electron chi connectivity index (χ0n) is 11.6. The molecule has 3 saturated heterocycles. The number of piperidine rings is 1. The van der Waals surface area contributed by atoms with Crippen LogP contribution >= 0.6 is 0 Å². The first kappa shape index (κ1) is 12.9. The van der Waals surface area contributed by atoms with Crippen LogP contribution < -0.4 is 5.32 Å². The quantitative estimate of drug-likeness (QED) is 0.794. The Morgan fingerprint density at radius 1 is 1.06 bits per heavy atom. The van der Waals surface area contributed by atoms with Gasteiger partial charge in [0.1, 0.15) is 0 Å². The number of rotatable bonds is 3. The Labute approximate surface area is 111 Å². The molecule has 18 heavy (non-hydrogen) atoms. The molecule has 4 heteroatoms. The highest BCUT2D eigenvalue weighted by Gasteiger charge is 2.39. The van der Waals surface area contributed by atoms with Gasteiger partial charge in [0, 0.05) is 38.3 Å². The molecule has 3 heterocycles. The highest BCUT2D eigenvalue weighted by molar-refractivity contribution is 4.96. The number of fused-ring (bicyclic) bond motifs is 1. The van der Waals surface area contributed by atoms with E-state index in [0.29, 0.717) is 6.10 Å². The Bertz CT molecular complexity index is 272. The van der Waals surface area contributed by atoms with E-state index >= 15 is 0 Å². The lowest BCUT2D eigenvalue weighted by atomic mass is 9.97. The van der Waals surface area contributed by atoms with Crippen LogP contribution in [-0.4, -0.2) is 74.4 Å². The summed E-state index contributed by atoms with van der Waals surface area (Å²) in [6.45, 7) is 6.81. The van der Waals surface area contributed by atoms with Crippen molar-refractivity contribution in [2.24, 2.45) is 0 Å². The molecule has 0 saturated carbocycles. The molecule has 3 aliphatic heterocycles. The SMILES string of the molecule is CNCC1CN(C2CCN3CCCCC23)CCO1. The molecule has 0 spiro atoms. The Morgan fingerprint density at radius 3 is 2.83 bits per heavy atom. The van der Waals surface area contributed by atoms with Crippen LogP contribution in [-0.2, 0) is 4.74 Å². The summed E-state index contributed by atoms with van der Waals surface area (Å²) >= 11 is 0. The van der Waals surface area contributed by atoms with Crippen molar-refractivity contribution >= 4 is 0 Å². The average Bonchev–Trinajstić information content (AvgIpc) is 2.83. The Kier molecular flexibility index (Phi) is 4.19. The van der Waals surface area contributed by atoms with Crippen molar-refractivity contribution in [2.45, 2.75) is 43.9 Å². The zero-order chi connectivity index (χ0) is 12.4. The second kappa shape index (κ2) is 5.87. The van der Waals surface area contributed by atoms with Crippen molar-refractivity contribution in [1.29, 1.82) is 0 Å². The summed E-state index contributed by atoms with van der Waals surface area (Å²) in [7, 11) is 2.01. The molecule has 104 valence electrons. The van der Waals surface area contributed by atoms with E-state index < -0.39 is 0 Å². The lowest BCUT2D eigenvalue weighted by molar-refractivity contribution is -0.0475. The largest absolute Gasteiger partial charge is 0.374 e. The van der Waals surface area contributed by atoms with Gasteiger partial charge in [-0.15, -0.1) is 0 Å². The van der Waals surface area contributed by atoms with Gasteiger partial charge in [0.05, 0.1) is 12.7 Å². The lowest BCUT2D eigenvalue weighted by Crippen LogP contribution is -2.54. The first-order valence-corrected chi connectivity index (χ1v) is 7.63. The average molecular weight is 253 g/mol. The van der Waals surface area contributed by atoms with Gasteiger partial charge in [-0.2, -0.15) is 0 Å². The van der Waals surface area contributed by atoms with Crippen molar-refractivity contribution < 1.29 is 4.74 Å². The molecule has 1 N–H and O–H groups in total. The van der Waals surface area contributed by atoms with Crippen molar-refractivity contribution in [3.8, 4) is 0 Å². The van der Waals surface area contributed by atoms with Gasteiger partial charge < -0.3 is 10.1 Å². The van der Waals surface area contributed by atoms with Gasteiger partial charge in [0.15, 0.2) is 0 Å². The summed E-state index contributed by atoms with van der Waals surface area (Å²) in [5, 5.41) is 3.24. The summed E-state index contributed by atoms with van der Waals surface area (Å²) in [4.78, 5) is 5.44. The molecule has 0 bridgehead atoms. The lowest BCUT2D eigenvalue weighted by Gasteiger charge is -2.41. The number of hydrogen-bond acceptors (Lipinski definition) is 4. The first-order valence-electron chi connectivity index (χ1n) is 7.63. The van der Waals surface area contributed by atoms with Gasteiger partial charge in [-0.05, 0) is 32.9 Å². The fourth-order valence-corrected chi connectivity index (χ4v) is 4.04. The molecule has 0 aromatic heterocycles. The van der Waals surface area contributed by atoms with E-state index in [1.54, 1.807) is 0 Å². The molecular weight excluding hydrogens is 226 g/mol. The maximum Gasteiger partial charge on any atom is 0.0826 e. The minimum Gasteiger partial charge on any atom is -0.374 e. The molecule has 0 aliphatic carbocycles. The van der Waals surface area contributed by atoms with Crippen molar-refractivity contribution in [3.05, 3.63) is 0 Å². The number of nitrogens with zero attached hydrogens (tertiary/aromatic N) is 2. The highest BCUT2D eigenvalue weighted by atomic mass is 16.5. The third kappa shape index (κ3) is 2.57. The van der Waals surface area contributed by atoms with E-state index in [-0.39, 0.29) is 0 Å². The zero-order valence-corrected chi connectivity index (χ0v) is 11.6. The smallest absolute Gasteiger partial charge is 0.0826 e. The van der Waals surface area contributed by atoms with Gasteiger partial charge >= 0.3 is 0 Å². The summed E-state index contributed by atoms with van der Waals surface area (Å²) in [5.41, 5.74) is 0. The normalized spacial score (nSPS) is 38.8.